The molecular weight excluding hydrogens is 474 g/mol. The number of anilines is 2. The average molecular weight is 494 g/mol. The molecule has 1 atom stereocenters. The van der Waals surface area contributed by atoms with Gasteiger partial charge in [-0.2, -0.15) is 15.0 Å². The Kier molecular flexibility index (Phi) is 5.20. The van der Waals surface area contributed by atoms with Crippen molar-refractivity contribution in [3.8, 4) is 11.9 Å². The number of nitrogens with zero attached hydrogens (tertiary/aromatic N) is 6. The molecule has 0 spiro atoms. The van der Waals surface area contributed by atoms with Crippen molar-refractivity contribution in [1.29, 1.82) is 5.26 Å². The van der Waals surface area contributed by atoms with E-state index in [0.29, 0.717) is 5.82 Å². The number of pyridine rings is 1. The number of aryl methyl sites for hydroxylation is 1. The molecule has 2 amide bonds. The number of aromatic nitrogens is 4. The maximum absolute atomic E-state index is 13.2. The summed E-state index contributed by atoms with van der Waals surface area (Å²) < 4.78 is 2.49. The SMILES string of the molecule is Cc1nc2cc(N3CC(C(=O)Nc4c(C#N)cnn4-c4ccc5ccccc5n4)CC3=O)ccc2s1. The Morgan fingerprint density at radius 1 is 1.14 bits per heavy atom. The van der Waals surface area contributed by atoms with Crippen molar-refractivity contribution >= 4 is 55.8 Å². The normalized spacial score (nSPS) is 15.5. The Balaban J connectivity index is 1.26. The van der Waals surface area contributed by atoms with Gasteiger partial charge in [0.25, 0.3) is 0 Å². The summed E-state index contributed by atoms with van der Waals surface area (Å²) in [6.07, 6.45) is 1.47. The first kappa shape index (κ1) is 21.9. The molecular formula is C26H19N7O2S. The van der Waals surface area contributed by atoms with Crippen LogP contribution in [0.2, 0.25) is 0 Å². The van der Waals surface area contributed by atoms with Crippen LogP contribution >= 0.6 is 11.3 Å². The summed E-state index contributed by atoms with van der Waals surface area (Å²) in [6, 6.07) is 19.1. The average Bonchev–Trinajstić information content (AvgIpc) is 3.58. The molecule has 2 aromatic carbocycles. The van der Waals surface area contributed by atoms with E-state index in [1.165, 1.54) is 10.9 Å². The summed E-state index contributed by atoms with van der Waals surface area (Å²) in [5, 5.41) is 18.7. The topological polar surface area (TPSA) is 117 Å². The van der Waals surface area contributed by atoms with Gasteiger partial charge >= 0.3 is 0 Å². The van der Waals surface area contributed by atoms with Gasteiger partial charge in [0.05, 0.1) is 32.9 Å². The number of carbonyl (C=O) groups is 2. The zero-order chi connectivity index (χ0) is 24.8. The first-order valence-corrected chi connectivity index (χ1v) is 12.1. The third-order valence-electron chi connectivity index (χ3n) is 6.22. The van der Waals surface area contributed by atoms with Crippen molar-refractivity contribution in [3.63, 3.8) is 0 Å². The molecule has 1 aliphatic rings. The molecule has 0 bridgehead atoms. The molecule has 5 aromatic rings. The largest absolute Gasteiger partial charge is 0.312 e. The zero-order valence-corrected chi connectivity index (χ0v) is 20.0. The third-order valence-corrected chi connectivity index (χ3v) is 7.17. The second-order valence-corrected chi connectivity index (χ2v) is 9.81. The number of nitrogens with one attached hydrogen (secondary N) is 1. The van der Waals surface area contributed by atoms with Crippen LogP contribution in [0.4, 0.5) is 11.5 Å². The van der Waals surface area contributed by atoms with Crippen LogP contribution in [0.25, 0.3) is 26.9 Å². The number of hydrogen-bond acceptors (Lipinski definition) is 7. The number of thiazole rings is 1. The van der Waals surface area contributed by atoms with Gasteiger partial charge in [0.2, 0.25) is 11.8 Å². The van der Waals surface area contributed by atoms with Crippen molar-refractivity contribution < 1.29 is 9.59 Å². The first-order chi connectivity index (χ1) is 17.5. The number of carbonyl (C=O) groups excluding carboxylic acids is 2. The maximum Gasteiger partial charge on any atom is 0.231 e. The molecule has 176 valence electrons. The molecule has 1 unspecified atom stereocenters. The van der Waals surface area contributed by atoms with Gasteiger partial charge in [0.15, 0.2) is 11.6 Å². The highest BCUT2D eigenvalue weighted by Crippen LogP contribution is 2.31. The van der Waals surface area contributed by atoms with Crippen molar-refractivity contribution in [2.24, 2.45) is 5.92 Å². The van der Waals surface area contributed by atoms with Gasteiger partial charge in [-0.3, -0.25) is 9.59 Å². The highest BCUT2D eigenvalue weighted by Gasteiger charge is 2.36. The van der Waals surface area contributed by atoms with Crippen LogP contribution in [0.3, 0.4) is 0 Å². The smallest absolute Gasteiger partial charge is 0.231 e. The van der Waals surface area contributed by atoms with Crippen molar-refractivity contribution in [3.05, 3.63) is 71.4 Å². The molecule has 3 aromatic heterocycles. The Morgan fingerprint density at radius 2 is 2.00 bits per heavy atom. The van der Waals surface area contributed by atoms with Crippen molar-refractivity contribution in [2.45, 2.75) is 13.3 Å². The summed E-state index contributed by atoms with van der Waals surface area (Å²) in [4.78, 5) is 36.8. The van der Waals surface area contributed by atoms with Gasteiger partial charge in [-0.25, -0.2) is 9.97 Å². The molecule has 1 fully saturated rings. The van der Waals surface area contributed by atoms with E-state index in [1.807, 2.05) is 55.5 Å². The van der Waals surface area contributed by atoms with Crippen molar-refractivity contribution in [1.82, 2.24) is 19.7 Å². The summed E-state index contributed by atoms with van der Waals surface area (Å²) in [5.41, 5.74) is 2.53. The predicted octanol–water partition coefficient (Wildman–Crippen LogP) is 4.20. The number of benzene rings is 2. The summed E-state index contributed by atoms with van der Waals surface area (Å²) in [5.74, 6) is -0.357. The van der Waals surface area contributed by atoms with Crippen molar-refractivity contribution in [2.75, 3.05) is 16.8 Å². The van der Waals surface area contributed by atoms with E-state index in [-0.39, 0.29) is 36.2 Å². The van der Waals surface area contributed by atoms with Crippen LogP contribution in [0.15, 0.2) is 60.8 Å². The van der Waals surface area contributed by atoms with Gasteiger partial charge in [-0.1, -0.05) is 18.2 Å². The number of rotatable bonds is 4. The lowest BCUT2D eigenvalue weighted by atomic mass is 10.1. The number of hydrogen-bond donors (Lipinski definition) is 1. The quantitative estimate of drug-likeness (QED) is 0.401. The monoisotopic (exact) mass is 493 g/mol. The summed E-state index contributed by atoms with van der Waals surface area (Å²) in [7, 11) is 0. The first-order valence-electron chi connectivity index (χ1n) is 11.3. The fourth-order valence-corrected chi connectivity index (χ4v) is 5.26. The Labute approximate surface area is 209 Å². The van der Waals surface area contributed by atoms with E-state index in [0.717, 1.165) is 31.8 Å². The lowest BCUT2D eigenvalue weighted by Gasteiger charge is -2.17. The summed E-state index contributed by atoms with van der Waals surface area (Å²) >= 11 is 1.60. The van der Waals surface area contributed by atoms with E-state index in [9.17, 15) is 14.9 Å². The van der Waals surface area contributed by atoms with Crippen LogP contribution in [-0.2, 0) is 9.59 Å². The van der Waals surface area contributed by atoms with Crippen LogP contribution in [-0.4, -0.2) is 38.1 Å². The zero-order valence-electron chi connectivity index (χ0n) is 19.2. The molecule has 6 rings (SSSR count). The van der Waals surface area contributed by atoms with Crippen LogP contribution in [0.1, 0.15) is 17.0 Å². The van der Waals surface area contributed by atoms with Gasteiger partial charge < -0.3 is 10.2 Å². The van der Waals surface area contributed by atoms with Gasteiger partial charge in [0, 0.05) is 24.0 Å². The molecule has 36 heavy (non-hydrogen) atoms. The fraction of sp³-hybridized carbons (Fsp3) is 0.154. The van der Waals surface area contributed by atoms with Gasteiger partial charge in [-0.05, 0) is 43.3 Å². The number of fused-ring (bicyclic) bond motifs is 2. The highest BCUT2D eigenvalue weighted by molar-refractivity contribution is 7.18. The minimum atomic E-state index is -0.579. The van der Waals surface area contributed by atoms with E-state index >= 15 is 0 Å². The standard InChI is InChI=1S/C26H19N7O2S/c1-15-29-21-11-19(7-8-22(21)36-15)32-14-17(10-24(32)34)26(35)31-25-18(12-27)13-28-33(25)23-9-6-16-4-2-3-5-20(16)30-23/h2-9,11,13,17H,10,14H2,1H3,(H,31,35). The molecule has 0 radical (unpaired) electrons. The van der Waals surface area contributed by atoms with Crippen LogP contribution < -0.4 is 10.2 Å². The molecule has 4 heterocycles. The fourth-order valence-electron chi connectivity index (χ4n) is 4.45. The van der Waals surface area contributed by atoms with E-state index in [2.05, 4.69) is 26.5 Å². The second kappa shape index (κ2) is 8.55. The van der Waals surface area contributed by atoms with E-state index in [1.54, 1.807) is 22.3 Å². The Morgan fingerprint density at radius 3 is 2.86 bits per heavy atom. The molecule has 10 heteroatoms. The number of para-hydroxylation sites is 1. The molecule has 0 aliphatic carbocycles. The second-order valence-electron chi connectivity index (χ2n) is 8.57. The Bertz CT molecular complexity index is 1710. The lowest BCUT2D eigenvalue weighted by molar-refractivity contribution is -0.122. The van der Waals surface area contributed by atoms with Crippen LogP contribution in [0.5, 0.6) is 0 Å². The summed E-state index contributed by atoms with van der Waals surface area (Å²) in [6.45, 7) is 2.18. The molecule has 1 N–H and O–H groups in total. The highest BCUT2D eigenvalue weighted by atomic mass is 32.1. The molecule has 1 saturated heterocycles. The van der Waals surface area contributed by atoms with Gasteiger partial charge in [0.1, 0.15) is 11.6 Å². The molecule has 0 saturated carbocycles. The van der Waals surface area contributed by atoms with E-state index in [4.69, 9.17) is 0 Å². The molecule has 9 nitrogen and oxygen atoms in total. The molecule has 1 aliphatic heterocycles. The van der Waals surface area contributed by atoms with E-state index < -0.39 is 5.92 Å². The predicted molar refractivity (Wildman–Crippen MR) is 137 cm³/mol. The third kappa shape index (κ3) is 3.76. The Hall–Kier alpha value is -4.62. The minimum Gasteiger partial charge on any atom is -0.312 e. The lowest BCUT2D eigenvalue weighted by Crippen LogP contribution is -2.28. The minimum absolute atomic E-state index is 0.0736. The number of nitriles is 1. The maximum atomic E-state index is 13.2. The number of amides is 2. The van der Waals surface area contributed by atoms with Crippen LogP contribution in [0, 0.1) is 24.2 Å². The van der Waals surface area contributed by atoms with Gasteiger partial charge in [-0.15, -0.1) is 11.3 Å².